The van der Waals surface area contributed by atoms with Crippen LogP contribution in [0, 0.1) is 0 Å². The van der Waals surface area contributed by atoms with Crippen LogP contribution < -0.4 is 0 Å². The molecule has 2 N–H and O–H groups in total. The summed E-state index contributed by atoms with van der Waals surface area (Å²) in [5.41, 5.74) is 0.602. The van der Waals surface area contributed by atoms with E-state index in [4.69, 9.17) is 5.11 Å². The SMILES string of the molecule is CC(C)(C)/[N+](O)=C/c1ccc(C(=O)O)cc1. The van der Waals surface area contributed by atoms with E-state index in [1.54, 1.807) is 18.3 Å². The maximum absolute atomic E-state index is 10.6. The first-order chi connectivity index (χ1) is 7.30. The Labute approximate surface area is 94.4 Å². The van der Waals surface area contributed by atoms with Gasteiger partial charge in [-0.1, -0.05) is 0 Å². The zero-order valence-corrected chi connectivity index (χ0v) is 9.64. The molecule has 4 heteroatoms. The fraction of sp³-hybridized carbons (Fsp3) is 0.333. The number of carbonyl (C=O) groups is 1. The predicted molar refractivity (Wildman–Crippen MR) is 60.4 cm³/mol. The molecule has 1 aromatic rings. The van der Waals surface area contributed by atoms with Gasteiger partial charge in [-0.3, -0.25) is 5.21 Å². The Bertz CT molecular complexity index is 413. The van der Waals surface area contributed by atoms with Crippen molar-refractivity contribution in [1.29, 1.82) is 0 Å². The van der Waals surface area contributed by atoms with Crippen molar-refractivity contribution in [3.63, 3.8) is 0 Å². The summed E-state index contributed by atoms with van der Waals surface area (Å²) >= 11 is 0. The highest BCUT2D eigenvalue weighted by Crippen LogP contribution is 2.06. The van der Waals surface area contributed by atoms with Crippen LogP contribution in [0.15, 0.2) is 24.3 Å². The van der Waals surface area contributed by atoms with Gasteiger partial charge in [-0.15, -0.1) is 0 Å². The number of rotatable bonds is 2. The highest BCUT2D eigenvalue weighted by atomic mass is 16.5. The minimum absolute atomic E-state index is 0.234. The molecule has 0 aromatic heterocycles. The fourth-order valence-electron chi connectivity index (χ4n) is 1.05. The zero-order chi connectivity index (χ0) is 12.3. The van der Waals surface area contributed by atoms with E-state index in [9.17, 15) is 10.0 Å². The number of aromatic carboxylic acids is 1. The summed E-state index contributed by atoms with van der Waals surface area (Å²) in [6.07, 6.45) is 1.56. The summed E-state index contributed by atoms with van der Waals surface area (Å²) in [5.74, 6) is -0.955. The smallest absolute Gasteiger partial charge is 0.335 e. The number of nitrogens with zero attached hydrogens (tertiary/aromatic N) is 1. The third-order valence-electron chi connectivity index (χ3n) is 2.12. The van der Waals surface area contributed by atoms with Crippen LogP contribution in [-0.2, 0) is 0 Å². The van der Waals surface area contributed by atoms with Crippen LogP contribution in [0.4, 0.5) is 0 Å². The lowest BCUT2D eigenvalue weighted by Gasteiger charge is -2.09. The van der Waals surface area contributed by atoms with Gasteiger partial charge in [-0.05, 0) is 29.0 Å². The molecular formula is C12H16NO3+. The summed E-state index contributed by atoms with van der Waals surface area (Å²) in [6, 6.07) is 6.31. The van der Waals surface area contributed by atoms with Gasteiger partial charge < -0.3 is 5.11 Å². The lowest BCUT2D eigenvalue weighted by molar-refractivity contribution is -0.816. The lowest BCUT2D eigenvalue weighted by Crippen LogP contribution is -2.31. The van der Waals surface area contributed by atoms with Gasteiger partial charge in [-0.25, -0.2) is 4.79 Å². The van der Waals surface area contributed by atoms with Crippen molar-refractivity contribution >= 4 is 12.2 Å². The van der Waals surface area contributed by atoms with Crippen LogP contribution in [0.2, 0.25) is 0 Å². The summed E-state index contributed by atoms with van der Waals surface area (Å²) < 4.78 is 1.10. The fourth-order valence-corrected chi connectivity index (χ4v) is 1.05. The molecule has 0 heterocycles. The van der Waals surface area contributed by atoms with E-state index in [-0.39, 0.29) is 11.1 Å². The molecule has 0 spiro atoms. The standard InChI is InChI=1S/C12H15NO3/c1-12(2,3)13(16)8-9-4-6-10(7-5-9)11(14)15/h4-8H,1-3H3,(H-,14,15,16)/p+1/b13-8-. The molecule has 0 bridgehead atoms. The Morgan fingerprint density at radius 1 is 1.25 bits per heavy atom. The average molecular weight is 222 g/mol. The number of benzene rings is 1. The third kappa shape index (κ3) is 3.08. The second-order valence-corrected chi connectivity index (χ2v) is 4.57. The molecular weight excluding hydrogens is 206 g/mol. The molecule has 16 heavy (non-hydrogen) atoms. The Morgan fingerprint density at radius 3 is 2.12 bits per heavy atom. The topological polar surface area (TPSA) is 60.5 Å². The number of carboxylic acid groups (broad SMARTS) is 1. The Morgan fingerprint density at radius 2 is 1.75 bits per heavy atom. The van der Waals surface area contributed by atoms with Gasteiger partial charge in [0.2, 0.25) is 11.8 Å². The molecule has 0 aliphatic heterocycles. The second kappa shape index (κ2) is 4.35. The van der Waals surface area contributed by atoms with Crippen molar-refractivity contribution in [2.45, 2.75) is 26.3 Å². The van der Waals surface area contributed by atoms with Crippen molar-refractivity contribution in [1.82, 2.24) is 0 Å². The maximum Gasteiger partial charge on any atom is 0.335 e. The molecule has 86 valence electrons. The molecule has 0 aliphatic carbocycles. The third-order valence-corrected chi connectivity index (χ3v) is 2.12. The van der Waals surface area contributed by atoms with E-state index >= 15 is 0 Å². The molecule has 0 saturated carbocycles. The molecule has 0 fully saturated rings. The van der Waals surface area contributed by atoms with E-state index in [1.807, 2.05) is 20.8 Å². The first kappa shape index (κ1) is 12.2. The molecule has 0 radical (unpaired) electrons. The van der Waals surface area contributed by atoms with Crippen LogP contribution in [0.5, 0.6) is 0 Å². The molecule has 0 saturated heterocycles. The summed E-state index contributed by atoms with van der Waals surface area (Å²) in [7, 11) is 0. The second-order valence-electron chi connectivity index (χ2n) is 4.57. The predicted octanol–water partition coefficient (Wildman–Crippen LogP) is 2.00. The van der Waals surface area contributed by atoms with Crippen LogP contribution in [0.1, 0.15) is 36.7 Å². The number of hydrogen-bond donors (Lipinski definition) is 2. The molecule has 0 aliphatic rings. The largest absolute Gasteiger partial charge is 0.478 e. The number of hydroxylamine groups is 1. The van der Waals surface area contributed by atoms with Gasteiger partial charge in [0.1, 0.15) is 0 Å². The maximum atomic E-state index is 10.6. The van der Waals surface area contributed by atoms with Gasteiger partial charge in [0.15, 0.2) is 0 Å². The van der Waals surface area contributed by atoms with Gasteiger partial charge >= 0.3 is 5.97 Å². The van der Waals surface area contributed by atoms with Crippen molar-refractivity contribution in [3.8, 4) is 0 Å². The van der Waals surface area contributed by atoms with E-state index in [1.165, 1.54) is 12.1 Å². The van der Waals surface area contributed by atoms with Gasteiger partial charge in [0.25, 0.3) is 0 Å². The van der Waals surface area contributed by atoms with E-state index in [0.717, 1.165) is 10.3 Å². The number of carboxylic acids is 1. The van der Waals surface area contributed by atoms with Gasteiger partial charge in [-0.2, -0.15) is 0 Å². The normalized spacial score (nSPS) is 12.6. The molecule has 1 aromatic carbocycles. The highest BCUT2D eigenvalue weighted by molar-refractivity contribution is 5.88. The summed E-state index contributed by atoms with van der Waals surface area (Å²) in [5, 5.41) is 18.4. The Hall–Kier alpha value is -1.84. The molecule has 1 rings (SSSR count). The molecule has 0 unspecified atom stereocenters. The van der Waals surface area contributed by atoms with Crippen molar-refractivity contribution < 1.29 is 19.8 Å². The van der Waals surface area contributed by atoms with Gasteiger partial charge in [0, 0.05) is 26.3 Å². The van der Waals surface area contributed by atoms with Crippen LogP contribution in [0.3, 0.4) is 0 Å². The summed E-state index contributed by atoms with van der Waals surface area (Å²) in [4.78, 5) is 10.6. The van der Waals surface area contributed by atoms with E-state index < -0.39 is 5.97 Å². The minimum Gasteiger partial charge on any atom is -0.478 e. The monoisotopic (exact) mass is 222 g/mol. The van der Waals surface area contributed by atoms with Crippen molar-refractivity contribution in [2.75, 3.05) is 0 Å². The van der Waals surface area contributed by atoms with Gasteiger partial charge in [0.05, 0.1) is 5.56 Å². The highest BCUT2D eigenvalue weighted by Gasteiger charge is 2.23. The molecule has 0 atom stereocenters. The van der Waals surface area contributed by atoms with E-state index in [0.29, 0.717) is 0 Å². The quantitative estimate of drug-likeness (QED) is 0.348. The minimum atomic E-state index is -0.955. The lowest BCUT2D eigenvalue weighted by atomic mass is 10.1. The number of hydrogen-bond acceptors (Lipinski definition) is 2. The zero-order valence-electron chi connectivity index (χ0n) is 9.64. The Balaban J connectivity index is 2.96. The first-order valence-electron chi connectivity index (χ1n) is 4.97. The van der Waals surface area contributed by atoms with Crippen LogP contribution in [0.25, 0.3) is 0 Å². The van der Waals surface area contributed by atoms with Crippen LogP contribution >= 0.6 is 0 Å². The Kier molecular flexibility index (Phi) is 3.32. The van der Waals surface area contributed by atoms with Crippen molar-refractivity contribution in [3.05, 3.63) is 35.4 Å². The first-order valence-corrected chi connectivity index (χ1v) is 4.97. The van der Waals surface area contributed by atoms with Crippen molar-refractivity contribution in [2.24, 2.45) is 0 Å². The molecule has 0 amide bonds. The average Bonchev–Trinajstić information content (AvgIpc) is 2.17. The summed E-state index contributed by atoms with van der Waals surface area (Å²) in [6.45, 7) is 5.61. The molecule has 4 nitrogen and oxygen atoms in total. The van der Waals surface area contributed by atoms with E-state index in [2.05, 4.69) is 0 Å². The van der Waals surface area contributed by atoms with Crippen LogP contribution in [-0.4, -0.2) is 32.8 Å².